The number of aromatic nitrogens is 2. The van der Waals surface area contributed by atoms with Crippen molar-refractivity contribution in [3.05, 3.63) is 75.9 Å². The second-order valence-electron chi connectivity index (χ2n) is 7.74. The van der Waals surface area contributed by atoms with E-state index in [9.17, 15) is 4.39 Å². The number of nitrogens with two attached hydrogens (primary N) is 1. The number of fused-ring (bicyclic) bond motifs is 1. The summed E-state index contributed by atoms with van der Waals surface area (Å²) in [6, 6.07) is 13.6. The summed E-state index contributed by atoms with van der Waals surface area (Å²) in [7, 11) is 0. The van der Waals surface area contributed by atoms with E-state index in [1.165, 1.54) is 12.1 Å². The monoisotopic (exact) mass is 466 g/mol. The molecule has 9 heteroatoms. The summed E-state index contributed by atoms with van der Waals surface area (Å²) in [5.74, 6) is 1.06. The SMILES string of the molecule is N#Cc1ccc(N)cc1OCCNCCNc1nc(Cl)nc2c1CCC2c1ccc(F)cc1. The maximum Gasteiger partial charge on any atom is 0.224 e. The zero-order valence-electron chi connectivity index (χ0n) is 17.9. The molecule has 1 unspecified atom stereocenters. The number of nitrogens with zero attached hydrogens (tertiary/aromatic N) is 3. The van der Waals surface area contributed by atoms with Gasteiger partial charge in [-0.2, -0.15) is 5.26 Å². The van der Waals surface area contributed by atoms with Crippen molar-refractivity contribution in [1.29, 1.82) is 5.26 Å². The molecule has 1 aliphatic carbocycles. The summed E-state index contributed by atoms with van der Waals surface area (Å²) < 4.78 is 19.0. The Hall–Kier alpha value is -3.41. The van der Waals surface area contributed by atoms with Crippen molar-refractivity contribution in [1.82, 2.24) is 15.3 Å². The molecule has 1 aliphatic rings. The average Bonchev–Trinajstić information content (AvgIpc) is 3.23. The molecule has 0 amide bonds. The van der Waals surface area contributed by atoms with Crippen LogP contribution in [-0.4, -0.2) is 36.2 Å². The van der Waals surface area contributed by atoms with Gasteiger partial charge in [-0.3, -0.25) is 0 Å². The van der Waals surface area contributed by atoms with Crippen LogP contribution in [0.4, 0.5) is 15.9 Å². The second kappa shape index (κ2) is 10.5. The highest BCUT2D eigenvalue weighted by molar-refractivity contribution is 6.28. The van der Waals surface area contributed by atoms with E-state index in [0.717, 1.165) is 35.5 Å². The van der Waals surface area contributed by atoms with Crippen LogP contribution in [0.5, 0.6) is 5.75 Å². The van der Waals surface area contributed by atoms with Crippen LogP contribution in [0.25, 0.3) is 0 Å². The van der Waals surface area contributed by atoms with Crippen LogP contribution in [0.3, 0.4) is 0 Å². The number of nitriles is 1. The number of benzene rings is 2. The highest BCUT2D eigenvalue weighted by atomic mass is 35.5. The zero-order valence-corrected chi connectivity index (χ0v) is 18.7. The van der Waals surface area contributed by atoms with Crippen LogP contribution in [-0.2, 0) is 6.42 Å². The Morgan fingerprint density at radius 2 is 1.97 bits per heavy atom. The molecule has 170 valence electrons. The van der Waals surface area contributed by atoms with Gasteiger partial charge >= 0.3 is 0 Å². The van der Waals surface area contributed by atoms with Crippen molar-refractivity contribution in [2.45, 2.75) is 18.8 Å². The van der Waals surface area contributed by atoms with Gasteiger partial charge in [-0.15, -0.1) is 0 Å². The summed E-state index contributed by atoms with van der Waals surface area (Å²) in [4.78, 5) is 8.85. The van der Waals surface area contributed by atoms with Gasteiger partial charge in [-0.05, 0) is 54.3 Å². The van der Waals surface area contributed by atoms with Crippen LogP contribution in [0.1, 0.15) is 34.7 Å². The van der Waals surface area contributed by atoms with E-state index in [0.29, 0.717) is 43.2 Å². The Bertz CT molecular complexity index is 1160. The standard InChI is InChI=1S/C24H24ClFN6O/c25-24-31-22-19(15-1-4-17(26)5-2-15)7-8-20(22)23(32-24)30-10-9-29-11-12-33-21-13-18(28)6-3-16(21)14-27/h1-6,13,19,29H,7-12,28H2,(H,30,31,32). The van der Waals surface area contributed by atoms with E-state index in [1.807, 2.05) is 0 Å². The summed E-state index contributed by atoms with van der Waals surface area (Å²) in [5, 5.41) is 16.0. The van der Waals surface area contributed by atoms with E-state index in [2.05, 4.69) is 26.7 Å². The smallest absolute Gasteiger partial charge is 0.224 e. The lowest BCUT2D eigenvalue weighted by molar-refractivity contribution is 0.314. The van der Waals surface area contributed by atoms with Gasteiger partial charge in [0.2, 0.25) is 5.28 Å². The quantitative estimate of drug-likeness (QED) is 0.249. The van der Waals surface area contributed by atoms with Gasteiger partial charge in [-0.25, -0.2) is 14.4 Å². The lowest BCUT2D eigenvalue weighted by Gasteiger charge is -2.14. The summed E-state index contributed by atoms with van der Waals surface area (Å²) >= 11 is 6.20. The fraction of sp³-hybridized carbons (Fsp3) is 0.292. The number of hydrogen-bond acceptors (Lipinski definition) is 7. The number of ether oxygens (including phenoxy) is 1. The lowest BCUT2D eigenvalue weighted by atomic mass is 9.97. The van der Waals surface area contributed by atoms with Crippen molar-refractivity contribution >= 4 is 23.1 Å². The van der Waals surface area contributed by atoms with Crippen molar-refractivity contribution in [2.24, 2.45) is 0 Å². The molecule has 0 radical (unpaired) electrons. The first-order valence-electron chi connectivity index (χ1n) is 10.7. The van der Waals surface area contributed by atoms with Gasteiger partial charge in [0, 0.05) is 42.9 Å². The number of nitrogens with one attached hydrogen (secondary N) is 2. The first-order chi connectivity index (χ1) is 16.0. The number of hydrogen-bond donors (Lipinski definition) is 3. The molecule has 33 heavy (non-hydrogen) atoms. The minimum Gasteiger partial charge on any atom is -0.491 e. The zero-order chi connectivity index (χ0) is 23.2. The molecule has 0 fully saturated rings. The Labute approximate surface area is 196 Å². The van der Waals surface area contributed by atoms with Crippen LogP contribution in [0, 0.1) is 17.1 Å². The van der Waals surface area contributed by atoms with Crippen molar-refractivity contribution in [2.75, 3.05) is 37.3 Å². The Morgan fingerprint density at radius 3 is 2.76 bits per heavy atom. The molecule has 1 aromatic heterocycles. The van der Waals surface area contributed by atoms with E-state index in [-0.39, 0.29) is 17.0 Å². The highest BCUT2D eigenvalue weighted by Crippen LogP contribution is 2.40. The molecule has 0 saturated carbocycles. The largest absolute Gasteiger partial charge is 0.491 e. The van der Waals surface area contributed by atoms with Crippen LogP contribution >= 0.6 is 11.6 Å². The minimum atomic E-state index is -0.253. The molecule has 2 aromatic carbocycles. The van der Waals surface area contributed by atoms with Gasteiger partial charge in [0.05, 0.1) is 11.3 Å². The average molecular weight is 467 g/mol. The lowest BCUT2D eigenvalue weighted by Crippen LogP contribution is -2.27. The Balaban J connectivity index is 1.28. The first-order valence-corrected chi connectivity index (χ1v) is 11.1. The van der Waals surface area contributed by atoms with E-state index >= 15 is 0 Å². The molecule has 7 nitrogen and oxygen atoms in total. The predicted octanol–water partition coefficient (Wildman–Crippen LogP) is 3.88. The topological polar surface area (TPSA) is 109 Å². The van der Waals surface area contributed by atoms with E-state index in [4.69, 9.17) is 27.3 Å². The van der Waals surface area contributed by atoms with Crippen LogP contribution in [0.15, 0.2) is 42.5 Å². The predicted molar refractivity (Wildman–Crippen MR) is 126 cm³/mol. The molecular formula is C24H24ClFN6O. The molecule has 3 aromatic rings. The molecule has 1 atom stereocenters. The van der Waals surface area contributed by atoms with Gasteiger partial charge in [0.15, 0.2) is 0 Å². The van der Waals surface area contributed by atoms with Crippen LogP contribution < -0.4 is 21.1 Å². The molecule has 0 aliphatic heterocycles. The third-order valence-corrected chi connectivity index (χ3v) is 5.72. The van der Waals surface area contributed by atoms with E-state index in [1.54, 1.807) is 30.3 Å². The molecule has 0 saturated heterocycles. The highest BCUT2D eigenvalue weighted by Gasteiger charge is 2.29. The Kier molecular flexibility index (Phi) is 7.23. The number of rotatable bonds is 9. The summed E-state index contributed by atoms with van der Waals surface area (Å²) in [5.41, 5.74) is 9.76. The molecule has 4 N–H and O–H groups in total. The maximum absolute atomic E-state index is 13.3. The molecule has 0 spiro atoms. The first kappa shape index (κ1) is 22.8. The minimum absolute atomic E-state index is 0.0854. The number of halogens is 2. The van der Waals surface area contributed by atoms with Crippen LogP contribution in [0.2, 0.25) is 5.28 Å². The molecule has 4 rings (SSSR count). The van der Waals surface area contributed by atoms with Crippen molar-refractivity contribution in [3.63, 3.8) is 0 Å². The second-order valence-corrected chi connectivity index (χ2v) is 8.08. The van der Waals surface area contributed by atoms with Gasteiger partial charge in [0.25, 0.3) is 0 Å². The maximum atomic E-state index is 13.3. The van der Waals surface area contributed by atoms with Crippen molar-refractivity contribution < 1.29 is 9.13 Å². The van der Waals surface area contributed by atoms with Gasteiger partial charge in [0.1, 0.15) is 30.1 Å². The van der Waals surface area contributed by atoms with Crippen molar-refractivity contribution in [3.8, 4) is 11.8 Å². The fourth-order valence-corrected chi connectivity index (χ4v) is 4.15. The third-order valence-electron chi connectivity index (χ3n) is 5.55. The van der Waals surface area contributed by atoms with Gasteiger partial charge < -0.3 is 21.1 Å². The van der Waals surface area contributed by atoms with Gasteiger partial charge in [-0.1, -0.05) is 12.1 Å². The summed E-state index contributed by atoms with van der Waals surface area (Å²) in [6.07, 6.45) is 1.72. The molecule has 1 heterocycles. The number of nitrogen functional groups attached to an aromatic ring is 1. The Morgan fingerprint density at radius 1 is 1.15 bits per heavy atom. The summed E-state index contributed by atoms with van der Waals surface area (Å²) in [6.45, 7) is 2.34. The molecular weight excluding hydrogens is 443 g/mol. The third kappa shape index (κ3) is 5.51. The van der Waals surface area contributed by atoms with E-state index < -0.39 is 0 Å². The normalized spacial score (nSPS) is 14.5. The fourth-order valence-electron chi connectivity index (χ4n) is 3.98. The number of anilines is 2. The molecule has 0 bridgehead atoms.